The van der Waals surface area contributed by atoms with Crippen LogP contribution in [0, 0.1) is 5.82 Å². The zero-order chi connectivity index (χ0) is 25.8. The smallest absolute Gasteiger partial charge is 0.293 e. The summed E-state index contributed by atoms with van der Waals surface area (Å²) in [6, 6.07) is 15.4. The molecule has 3 aromatic rings. The van der Waals surface area contributed by atoms with Crippen molar-refractivity contribution >= 4 is 75.4 Å². The Bertz CT molecular complexity index is 1360. The monoisotopic (exact) mass is 564 g/mol. The molecule has 6 nitrogen and oxygen atoms in total. The second-order valence-corrected chi connectivity index (χ2v) is 9.77. The third kappa shape index (κ3) is 6.20. The van der Waals surface area contributed by atoms with Gasteiger partial charge in [0, 0.05) is 31.9 Å². The molecule has 0 radical (unpaired) electrons. The number of nitrogens with zero attached hydrogens (tertiary/aromatic N) is 1. The third-order valence-electron chi connectivity index (χ3n) is 5.00. The average Bonchev–Trinajstić information content (AvgIpc) is 3.09. The summed E-state index contributed by atoms with van der Waals surface area (Å²) in [5.41, 5.74) is 0.977. The Morgan fingerprint density at radius 3 is 2.47 bits per heavy atom. The van der Waals surface area contributed by atoms with Gasteiger partial charge in [-0.2, -0.15) is 0 Å². The maximum atomic E-state index is 14.2. The molecule has 0 aliphatic carbocycles. The molecule has 0 spiro atoms. The first-order valence-electron chi connectivity index (χ1n) is 10.4. The molecule has 3 amide bonds. The molecule has 184 valence electrons. The van der Waals surface area contributed by atoms with E-state index in [1.807, 2.05) is 0 Å². The Kier molecular flexibility index (Phi) is 8.21. The number of carbonyl (C=O) groups is 3. The second kappa shape index (κ2) is 11.3. The van der Waals surface area contributed by atoms with Crippen molar-refractivity contribution < 1.29 is 23.5 Å². The lowest BCUT2D eigenvalue weighted by Crippen LogP contribution is -2.28. The minimum absolute atomic E-state index is 0.0428. The van der Waals surface area contributed by atoms with Crippen molar-refractivity contribution in [1.82, 2.24) is 4.90 Å². The van der Waals surface area contributed by atoms with Crippen LogP contribution in [0.15, 0.2) is 65.6 Å². The lowest BCUT2D eigenvalue weighted by Gasteiger charge is -2.14. The van der Waals surface area contributed by atoms with Crippen molar-refractivity contribution in [2.24, 2.45) is 0 Å². The predicted octanol–water partition coefficient (Wildman–Crippen LogP) is 7.04. The van der Waals surface area contributed by atoms with Crippen molar-refractivity contribution in [1.29, 1.82) is 0 Å². The summed E-state index contributed by atoms with van der Waals surface area (Å²) >= 11 is 18.7. The molecule has 11 heteroatoms. The number of thioether (sulfide) groups is 1. The number of amides is 3. The number of halogens is 4. The van der Waals surface area contributed by atoms with Crippen LogP contribution in [0.25, 0.3) is 6.08 Å². The molecule has 1 aliphatic rings. The molecule has 0 atom stereocenters. The highest BCUT2D eigenvalue weighted by atomic mass is 35.5. The van der Waals surface area contributed by atoms with Crippen molar-refractivity contribution in [3.8, 4) is 5.75 Å². The quantitative estimate of drug-likeness (QED) is 0.311. The first-order chi connectivity index (χ1) is 17.2. The van der Waals surface area contributed by atoms with E-state index >= 15 is 0 Å². The van der Waals surface area contributed by atoms with Crippen LogP contribution >= 0.6 is 46.6 Å². The van der Waals surface area contributed by atoms with Crippen molar-refractivity contribution in [3.63, 3.8) is 0 Å². The minimum atomic E-state index is -0.618. The van der Waals surface area contributed by atoms with Crippen molar-refractivity contribution in [3.05, 3.63) is 97.6 Å². The van der Waals surface area contributed by atoms with E-state index in [1.165, 1.54) is 30.3 Å². The normalized spacial score (nSPS) is 14.4. The summed E-state index contributed by atoms with van der Waals surface area (Å²) in [6.45, 7) is -0.629. The molecule has 1 N–H and O–H groups in total. The van der Waals surface area contributed by atoms with E-state index in [2.05, 4.69) is 5.32 Å². The summed E-state index contributed by atoms with van der Waals surface area (Å²) in [5, 5.41) is 3.12. The van der Waals surface area contributed by atoms with Gasteiger partial charge in [0.25, 0.3) is 17.1 Å². The fraction of sp³-hybridized carbons (Fsp3) is 0.0800. The number of benzene rings is 3. The van der Waals surface area contributed by atoms with Gasteiger partial charge in [-0.1, -0.05) is 40.9 Å². The second-order valence-electron chi connectivity index (χ2n) is 7.49. The van der Waals surface area contributed by atoms with Gasteiger partial charge < -0.3 is 10.1 Å². The number of nitrogens with one attached hydrogen (secondary N) is 1. The molecular formula is C25H16Cl3FN2O4S. The molecule has 0 bridgehead atoms. The Morgan fingerprint density at radius 2 is 1.75 bits per heavy atom. The van der Waals surface area contributed by atoms with Gasteiger partial charge in [-0.05, 0) is 72.4 Å². The summed E-state index contributed by atoms with van der Waals surface area (Å²) in [5.74, 6) is -1.38. The lowest BCUT2D eigenvalue weighted by molar-refractivity contribution is -0.123. The van der Waals surface area contributed by atoms with Gasteiger partial charge in [-0.15, -0.1) is 0 Å². The van der Waals surface area contributed by atoms with Crippen molar-refractivity contribution in [2.45, 2.75) is 6.54 Å². The summed E-state index contributed by atoms with van der Waals surface area (Å²) in [4.78, 5) is 38.8. The van der Waals surface area contributed by atoms with E-state index in [9.17, 15) is 18.8 Å². The number of ether oxygens (including phenoxy) is 1. The van der Waals surface area contributed by atoms with Crippen LogP contribution in [0.2, 0.25) is 15.1 Å². The van der Waals surface area contributed by atoms with Crippen LogP contribution in [0.5, 0.6) is 5.75 Å². The van der Waals surface area contributed by atoms with Gasteiger partial charge in [0.05, 0.1) is 11.4 Å². The number of imide groups is 1. The molecule has 1 fully saturated rings. The Morgan fingerprint density at radius 1 is 1.03 bits per heavy atom. The maximum absolute atomic E-state index is 14.2. The van der Waals surface area contributed by atoms with E-state index in [-0.39, 0.29) is 34.4 Å². The van der Waals surface area contributed by atoms with Crippen LogP contribution in [0.4, 0.5) is 14.9 Å². The average molecular weight is 566 g/mol. The summed E-state index contributed by atoms with van der Waals surface area (Å²) < 4.78 is 19.8. The van der Waals surface area contributed by atoms with Crippen LogP contribution < -0.4 is 10.1 Å². The lowest BCUT2D eigenvalue weighted by atomic mass is 10.1. The fourth-order valence-electron chi connectivity index (χ4n) is 3.26. The Hall–Kier alpha value is -3.04. The van der Waals surface area contributed by atoms with Gasteiger partial charge in [-0.25, -0.2) is 4.39 Å². The first-order valence-corrected chi connectivity index (χ1v) is 12.3. The first kappa shape index (κ1) is 26.0. The topological polar surface area (TPSA) is 75.7 Å². The highest BCUT2D eigenvalue weighted by Gasteiger charge is 2.36. The van der Waals surface area contributed by atoms with Crippen LogP contribution in [-0.4, -0.2) is 28.6 Å². The minimum Gasteiger partial charge on any atom is -0.483 e. The zero-order valence-corrected chi connectivity index (χ0v) is 21.3. The largest absolute Gasteiger partial charge is 0.483 e. The molecule has 1 saturated heterocycles. The van der Waals surface area contributed by atoms with E-state index in [0.717, 1.165) is 4.90 Å². The van der Waals surface area contributed by atoms with E-state index in [4.69, 9.17) is 39.5 Å². The summed E-state index contributed by atoms with van der Waals surface area (Å²) in [7, 11) is 0. The van der Waals surface area contributed by atoms with E-state index in [0.29, 0.717) is 33.1 Å². The predicted molar refractivity (Wildman–Crippen MR) is 140 cm³/mol. The molecule has 1 heterocycles. The molecular weight excluding hydrogens is 550 g/mol. The number of rotatable bonds is 7. The SMILES string of the molecule is O=C(COc1ccc(Cl)cc1/C=C1\SC(=O)N(Cc2c(F)cccc2Cl)C1=O)Nc1ccc(Cl)cc1. The molecule has 0 aromatic heterocycles. The van der Waals surface area contributed by atoms with Gasteiger partial charge in [0.15, 0.2) is 6.61 Å². The molecule has 0 saturated carbocycles. The maximum Gasteiger partial charge on any atom is 0.293 e. The van der Waals surface area contributed by atoms with Gasteiger partial charge >= 0.3 is 0 Å². The number of carbonyl (C=O) groups excluding carboxylic acids is 3. The zero-order valence-electron chi connectivity index (χ0n) is 18.3. The Balaban J connectivity index is 1.49. The van der Waals surface area contributed by atoms with Gasteiger partial charge in [0.1, 0.15) is 11.6 Å². The highest BCUT2D eigenvalue weighted by molar-refractivity contribution is 8.18. The third-order valence-corrected chi connectivity index (χ3v) is 6.75. The standard InChI is InChI=1S/C25H16Cl3FN2O4S/c26-15-4-7-17(8-5-15)30-23(32)13-35-21-9-6-16(27)10-14(21)11-22-24(33)31(25(34)36-22)12-18-19(28)2-1-3-20(18)29/h1-11H,12-13H2,(H,30,32)/b22-11-. The molecule has 36 heavy (non-hydrogen) atoms. The molecule has 0 unspecified atom stereocenters. The number of anilines is 1. The fourth-order valence-corrected chi connectivity index (χ4v) is 4.61. The van der Waals surface area contributed by atoms with E-state index < -0.39 is 22.9 Å². The van der Waals surface area contributed by atoms with Crippen LogP contribution in [0.3, 0.4) is 0 Å². The molecule has 4 rings (SSSR count). The number of hydrogen-bond acceptors (Lipinski definition) is 5. The number of hydrogen-bond donors (Lipinski definition) is 1. The highest BCUT2D eigenvalue weighted by Crippen LogP contribution is 2.36. The molecule has 1 aliphatic heterocycles. The van der Waals surface area contributed by atoms with Crippen molar-refractivity contribution in [2.75, 3.05) is 11.9 Å². The Labute approximate surface area is 225 Å². The van der Waals surface area contributed by atoms with Crippen LogP contribution in [-0.2, 0) is 16.1 Å². The molecule has 3 aromatic carbocycles. The van der Waals surface area contributed by atoms with Gasteiger partial charge in [-0.3, -0.25) is 19.3 Å². The summed E-state index contributed by atoms with van der Waals surface area (Å²) in [6.07, 6.45) is 1.44. The van der Waals surface area contributed by atoms with E-state index in [1.54, 1.807) is 36.4 Å². The van der Waals surface area contributed by atoms with Crippen LogP contribution in [0.1, 0.15) is 11.1 Å². The van der Waals surface area contributed by atoms with Gasteiger partial charge in [0.2, 0.25) is 0 Å².